The van der Waals surface area contributed by atoms with Crippen LogP contribution in [0.25, 0.3) is 0 Å². The summed E-state index contributed by atoms with van der Waals surface area (Å²) < 4.78 is 5.41. The number of aliphatic carboxylic acids is 1. The normalized spacial score (nSPS) is 21.6. The lowest BCUT2D eigenvalue weighted by Crippen LogP contribution is -2.47. The number of ether oxygens (including phenoxy) is 1. The van der Waals surface area contributed by atoms with Crippen LogP contribution in [0.1, 0.15) is 95.1 Å². The summed E-state index contributed by atoms with van der Waals surface area (Å²) in [5.74, 6) is -0.991. The second kappa shape index (κ2) is 19.9. The SMILES string of the molecule is CC(C)(C)OC(=O)CN1CCC(c2ccc(NC3CCC(=O)NC3=O)cc2)CC1.Cl.O=C(O)CN1CCC(c2ccc(NC3CCC(=O)NC3=O)cc2)CC1. The van der Waals surface area contributed by atoms with Crippen LogP contribution in [0.15, 0.2) is 48.5 Å². The number of carbonyl (C=O) groups excluding carboxylic acids is 5. The fraction of sp³-hybridized carbons (Fsp3) is 0.550. The molecule has 0 aliphatic carbocycles. The fourth-order valence-corrected chi connectivity index (χ4v) is 7.36. The lowest BCUT2D eigenvalue weighted by atomic mass is 9.89. The van der Waals surface area contributed by atoms with E-state index in [1.807, 2.05) is 49.9 Å². The number of carbonyl (C=O) groups is 6. The monoisotopic (exact) mass is 782 g/mol. The van der Waals surface area contributed by atoms with E-state index in [1.165, 1.54) is 11.1 Å². The summed E-state index contributed by atoms with van der Waals surface area (Å²) in [4.78, 5) is 73.0. The van der Waals surface area contributed by atoms with Gasteiger partial charge in [0, 0.05) is 24.2 Å². The van der Waals surface area contributed by atoms with E-state index in [-0.39, 0.29) is 60.6 Å². The number of likely N-dealkylation sites (tertiary alicyclic amines) is 2. The zero-order valence-corrected chi connectivity index (χ0v) is 32.8. The molecular formula is C40H55ClN6O8. The molecule has 4 heterocycles. The zero-order valence-electron chi connectivity index (χ0n) is 31.9. The molecule has 55 heavy (non-hydrogen) atoms. The Balaban J connectivity index is 0.000000243. The first-order valence-corrected chi connectivity index (χ1v) is 19.0. The molecule has 14 nitrogen and oxygen atoms in total. The number of hydrogen-bond acceptors (Lipinski definition) is 11. The lowest BCUT2D eigenvalue weighted by Gasteiger charge is -2.32. The maximum Gasteiger partial charge on any atom is 0.320 e. The number of piperidine rings is 4. The number of anilines is 2. The van der Waals surface area contributed by atoms with Gasteiger partial charge < -0.3 is 20.5 Å². The standard InChI is InChI=1S/C22H31N3O4.C18H23N3O4.ClH/c1-22(2,3)29-20(27)14-25-12-10-16(11-13-25)15-4-6-17(7-5-15)23-18-8-9-19(26)24-21(18)28;22-16-6-5-15(18(25)20-16)19-14-3-1-12(2-4-14)13-7-9-21(10-8-13)11-17(23)24;/h4-7,16,18,23H,8-14H2,1-3H3,(H,24,26,28);1-4,13,15,19H,5-11H2,(H,23,24)(H,20,22,25);1H. The number of carboxylic acid groups (broad SMARTS) is 1. The summed E-state index contributed by atoms with van der Waals surface area (Å²) >= 11 is 0. The van der Waals surface area contributed by atoms with Crippen LogP contribution >= 0.6 is 12.4 Å². The number of hydrogen-bond donors (Lipinski definition) is 5. The third-order valence-electron chi connectivity index (χ3n) is 10.2. The molecule has 0 radical (unpaired) electrons. The van der Waals surface area contributed by atoms with Gasteiger partial charge in [0.25, 0.3) is 0 Å². The molecule has 4 aliphatic rings. The number of amides is 4. The van der Waals surface area contributed by atoms with Crippen LogP contribution in [0.2, 0.25) is 0 Å². The third-order valence-corrected chi connectivity index (χ3v) is 10.2. The minimum absolute atomic E-state index is 0. The number of esters is 1. The first kappa shape index (κ1) is 43.2. The Morgan fingerprint density at radius 1 is 0.673 bits per heavy atom. The average Bonchev–Trinajstić information content (AvgIpc) is 3.11. The quantitative estimate of drug-likeness (QED) is 0.173. The highest BCUT2D eigenvalue weighted by Gasteiger charge is 2.29. The van der Waals surface area contributed by atoms with Gasteiger partial charge >= 0.3 is 11.9 Å². The minimum atomic E-state index is -0.776. The molecule has 4 fully saturated rings. The molecule has 0 saturated carbocycles. The Morgan fingerprint density at radius 2 is 1.05 bits per heavy atom. The van der Waals surface area contributed by atoms with Crippen molar-refractivity contribution in [1.29, 1.82) is 0 Å². The van der Waals surface area contributed by atoms with E-state index in [4.69, 9.17) is 9.84 Å². The van der Waals surface area contributed by atoms with Crippen LogP contribution in [0.3, 0.4) is 0 Å². The Bertz CT molecular complexity index is 1650. The van der Waals surface area contributed by atoms with Gasteiger partial charge in [0.05, 0.1) is 13.1 Å². The maximum atomic E-state index is 12.0. The predicted molar refractivity (Wildman–Crippen MR) is 210 cm³/mol. The van der Waals surface area contributed by atoms with Gasteiger partial charge in [-0.05, 0) is 133 Å². The number of nitrogens with zero attached hydrogens (tertiary/aromatic N) is 2. The Kier molecular flexibility index (Phi) is 15.6. The molecule has 4 aliphatic heterocycles. The van der Waals surface area contributed by atoms with E-state index in [2.05, 4.69) is 50.4 Å². The van der Waals surface area contributed by atoms with Crippen LogP contribution in [-0.4, -0.2) is 107 Å². The summed E-state index contributed by atoms with van der Waals surface area (Å²) in [7, 11) is 0. The smallest absolute Gasteiger partial charge is 0.320 e. The van der Waals surface area contributed by atoms with E-state index >= 15 is 0 Å². The van der Waals surface area contributed by atoms with Crippen molar-refractivity contribution in [2.24, 2.45) is 0 Å². The minimum Gasteiger partial charge on any atom is -0.480 e. The van der Waals surface area contributed by atoms with Gasteiger partial charge in [0.1, 0.15) is 17.7 Å². The van der Waals surface area contributed by atoms with Crippen LogP contribution in [0.5, 0.6) is 0 Å². The van der Waals surface area contributed by atoms with Gasteiger partial charge in [-0.2, -0.15) is 0 Å². The van der Waals surface area contributed by atoms with Crippen molar-refractivity contribution >= 4 is 59.3 Å². The van der Waals surface area contributed by atoms with Crippen molar-refractivity contribution < 1.29 is 38.6 Å². The topological polar surface area (TPSA) is 186 Å². The van der Waals surface area contributed by atoms with Crippen LogP contribution in [-0.2, 0) is 33.5 Å². The van der Waals surface area contributed by atoms with Crippen molar-refractivity contribution in [2.45, 2.75) is 102 Å². The molecule has 0 bridgehead atoms. The molecule has 0 spiro atoms. The number of benzene rings is 2. The van der Waals surface area contributed by atoms with Gasteiger partial charge in [0.2, 0.25) is 23.6 Å². The predicted octanol–water partition coefficient (Wildman–Crippen LogP) is 4.01. The highest BCUT2D eigenvalue weighted by molar-refractivity contribution is 6.02. The molecule has 2 aromatic carbocycles. The van der Waals surface area contributed by atoms with Crippen molar-refractivity contribution in [1.82, 2.24) is 20.4 Å². The molecule has 2 atom stereocenters. The highest BCUT2D eigenvalue weighted by atomic mass is 35.5. The first-order valence-electron chi connectivity index (χ1n) is 19.0. The molecule has 2 unspecified atom stereocenters. The summed E-state index contributed by atoms with van der Waals surface area (Å²) in [6.07, 6.45) is 5.66. The summed E-state index contributed by atoms with van der Waals surface area (Å²) in [5, 5.41) is 19.9. The van der Waals surface area contributed by atoms with E-state index < -0.39 is 11.6 Å². The summed E-state index contributed by atoms with van der Waals surface area (Å²) in [6, 6.07) is 15.5. The van der Waals surface area contributed by atoms with E-state index in [9.17, 15) is 28.8 Å². The maximum absolute atomic E-state index is 12.0. The van der Waals surface area contributed by atoms with Crippen molar-refractivity contribution in [2.75, 3.05) is 49.9 Å². The van der Waals surface area contributed by atoms with Crippen molar-refractivity contribution in [3.05, 3.63) is 59.7 Å². The number of imide groups is 2. The largest absolute Gasteiger partial charge is 0.480 e. The summed E-state index contributed by atoms with van der Waals surface area (Å²) in [5.41, 5.74) is 3.81. The molecule has 4 saturated heterocycles. The number of rotatable bonds is 10. The Hall–Kier alpha value is -4.53. The molecule has 2 aromatic rings. The lowest BCUT2D eigenvalue weighted by molar-refractivity contribution is -0.156. The molecule has 300 valence electrons. The van der Waals surface area contributed by atoms with Crippen molar-refractivity contribution in [3.8, 4) is 0 Å². The van der Waals surface area contributed by atoms with E-state index in [0.717, 1.165) is 63.2 Å². The molecule has 6 rings (SSSR count). The van der Waals surface area contributed by atoms with Gasteiger partial charge in [-0.3, -0.25) is 49.2 Å². The Labute approximate surface area is 328 Å². The molecule has 0 aromatic heterocycles. The number of nitrogens with one attached hydrogen (secondary N) is 4. The van der Waals surface area contributed by atoms with Crippen LogP contribution in [0, 0.1) is 0 Å². The second-order valence-corrected chi connectivity index (χ2v) is 15.6. The van der Waals surface area contributed by atoms with Gasteiger partial charge in [-0.25, -0.2) is 0 Å². The molecule has 4 amide bonds. The summed E-state index contributed by atoms with van der Waals surface area (Å²) in [6.45, 7) is 9.46. The Morgan fingerprint density at radius 3 is 1.40 bits per heavy atom. The van der Waals surface area contributed by atoms with Gasteiger partial charge in [-0.15, -0.1) is 12.4 Å². The molecular weight excluding hydrogens is 728 g/mol. The fourth-order valence-electron chi connectivity index (χ4n) is 7.36. The van der Waals surface area contributed by atoms with E-state index in [0.29, 0.717) is 44.1 Å². The first-order chi connectivity index (χ1) is 25.7. The second-order valence-electron chi connectivity index (χ2n) is 15.6. The van der Waals surface area contributed by atoms with Gasteiger partial charge in [-0.1, -0.05) is 24.3 Å². The van der Waals surface area contributed by atoms with Gasteiger partial charge in [0.15, 0.2) is 0 Å². The molecule has 15 heteroatoms. The zero-order chi connectivity index (χ0) is 38.8. The van der Waals surface area contributed by atoms with Crippen LogP contribution < -0.4 is 21.3 Å². The molecule has 5 N–H and O–H groups in total. The van der Waals surface area contributed by atoms with E-state index in [1.54, 1.807) is 0 Å². The number of carboxylic acids is 1. The van der Waals surface area contributed by atoms with Crippen molar-refractivity contribution in [3.63, 3.8) is 0 Å². The van der Waals surface area contributed by atoms with Crippen LogP contribution in [0.4, 0.5) is 11.4 Å². The number of halogens is 1. The third kappa shape index (κ3) is 13.6. The average molecular weight is 783 g/mol. The highest BCUT2D eigenvalue weighted by Crippen LogP contribution is 2.30.